The highest BCUT2D eigenvalue weighted by Crippen LogP contribution is 2.29. The second kappa shape index (κ2) is 8.29. The average Bonchev–Trinajstić information content (AvgIpc) is 2.58. The molecule has 0 spiro atoms. The topological polar surface area (TPSA) is 75.6 Å². The van der Waals surface area contributed by atoms with Crippen molar-refractivity contribution in [1.29, 1.82) is 0 Å². The number of carbonyl (C=O) groups excluding carboxylic acids is 2. The van der Waals surface area contributed by atoms with Crippen LogP contribution in [0, 0.1) is 11.8 Å². The van der Waals surface area contributed by atoms with Gasteiger partial charge in [-0.05, 0) is 42.9 Å². The van der Waals surface area contributed by atoms with Crippen molar-refractivity contribution in [3.63, 3.8) is 0 Å². The molecule has 1 aromatic carbocycles. The summed E-state index contributed by atoms with van der Waals surface area (Å²) in [4.78, 5) is 24.4. The first kappa shape index (κ1) is 18.5. The van der Waals surface area contributed by atoms with E-state index in [0.29, 0.717) is 17.4 Å². The highest BCUT2D eigenvalue weighted by molar-refractivity contribution is 5.92. The SMILES string of the molecule is C[C@@H]1[C@@H](C)CCC[C@H]1NC(=O)[C@@H](C)OC(=O)c1ccc(CO)cc1. The number of benzene rings is 1. The first-order chi connectivity index (χ1) is 11.4. The molecule has 132 valence electrons. The third-order valence-electron chi connectivity index (χ3n) is 5.06. The molecule has 0 bridgehead atoms. The Labute approximate surface area is 143 Å². The third kappa shape index (κ3) is 4.57. The number of hydrogen-bond donors (Lipinski definition) is 2. The van der Waals surface area contributed by atoms with Crippen molar-refractivity contribution in [2.75, 3.05) is 0 Å². The van der Waals surface area contributed by atoms with Gasteiger partial charge in [-0.2, -0.15) is 0 Å². The van der Waals surface area contributed by atoms with Gasteiger partial charge < -0.3 is 15.2 Å². The molecule has 0 aliphatic heterocycles. The van der Waals surface area contributed by atoms with Gasteiger partial charge in [0, 0.05) is 6.04 Å². The first-order valence-electron chi connectivity index (χ1n) is 8.63. The van der Waals surface area contributed by atoms with Crippen LogP contribution in [0.5, 0.6) is 0 Å². The van der Waals surface area contributed by atoms with Crippen LogP contribution in [0.1, 0.15) is 56.0 Å². The second-order valence-electron chi connectivity index (χ2n) is 6.78. The molecule has 1 aromatic rings. The van der Waals surface area contributed by atoms with Crippen LogP contribution in [0.2, 0.25) is 0 Å². The molecule has 0 radical (unpaired) electrons. The van der Waals surface area contributed by atoms with Crippen LogP contribution in [-0.2, 0) is 16.1 Å². The molecule has 2 N–H and O–H groups in total. The first-order valence-corrected chi connectivity index (χ1v) is 8.63. The molecule has 1 fully saturated rings. The summed E-state index contributed by atoms with van der Waals surface area (Å²) in [5, 5.41) is 12.0. The Bertz CT molecular complexity index is 569. The molecule has 5 nitrogen and oxygen atoms in total. The lowest BCUT2D eigenvalue weighted by Crippen LogP contribution is -2.47. The van der Waals surface area contributed by atoms with E-state index < -0.39 is 12.1 Å². The maximum Gasteiger partial charge on any atom is 0.338 e. The summed E-state index contributed by atoms with van der Waals surface area (Å²) in [6, 6.07) is 6.64. The van der Waals surface area contributed by atoms with Gasteiger partial charge in [0.15, 0.2) is 6.10 Å². The molecule has 0 aromatic heterocycles. The molecule has 0 unspecified atom stereocenters. The van der Waals surface area contributed by atoms with Crippen LogP contribution in [0.25, 0.3) is 0 Å². The van der Waals surface area contributed by atoms with Gasteiger partial charge in [0.25, 0.3) is 5.91 Å². The summed E-state index contributed by atoms with van der Waals surface area (Å²) in [6.45, 7) is 5.88. The molecule has 1 amide bonds. The van der Waals surface area contributed by atoms with E-state index >= 15 is 0 Å². The van der Waals surface area contributed by atoms with E-state index in [-0.39, 0.29) is 18.6 Å². The minimum absolute atomic E-state index is 0.0773. The van der Waals surface area contributed by atoms with Crippen LogP contribution in [0.3, 0.4) is 0 Å². The Hall–Kier alpha value is -1.88. The summed E-state index contributed by atoms with van der Waals surface area (Å²) in [6.07, 6.45) is 2.45. The largest absolute Gasteiger partial charge is 0.449 e. The van der Waals surface area contributed by atoms with E-state index in [4.69, 9.17) is 9.84 Å². The lowest BCUT2D eigenvalue weighted by Gasteiger charge is -2.35. The van der Waals surface area contributed by atoms with Gasteiger partial charge >= 0.3 is 5.97 Å². The van der Waals surface area contributed by atoms with Crippen molar-refractivity contribution in [3.05, 3.63) is 35.4 Å². The Morgan fingerprint density at radius 1 is 1.25 bits per heavy atom. The molecule has 0 saturated heterocycles. The van der Waals surface area contributed by atoms with Gasteiger partial charge in [0.1, 0.15) is 0 Å². The third-order valence-corrected chi connectivity index (χ3v) is 5.06. The smallest absolute Gasteiger partial charge is 0.338 e. The zero-order valence-electron chi connectivity index (χ0n) is 14.6. The van der Waals surface area contributed by atoms with Crippen molar-refractivity contribution < 1.29 is 19.4 Å². The van der Waals surface area contributed by atoms with Crippen LogP contribution in [-0.4, -0.2) is 29.1 Å². The maximum atomic E-state index is 12.3. The van der Waals surface area contributed by atoms with Crippen molar-refractivity contribution in [2.45, 2.75) is 58.8 Å². The van der Waals surface area contributed by atoms with Gasteiger partial charge in [0.05, 0.1) is 12.2 Å². The molecule has 24 heavy (non-hydrogen) atoms. The molecule has 0 heterocycles. The molecule has 1 aliphatic rings. The Morgan fingerprint density at radius 3 is 2.54 bits per heavy atom. The summed E-state index contributed by atoms with van der Waals surface area (Å²) in [5.74, 6) is 0.233. The summed E-state index contributed by atoms with van der Waals surface area (Å²) < 4.78 is 5.26. The van der Waals surface area contributed by atoms with E-state index in [1.807, 2.05) is 0 Å². The minimum Gasteiger partial charge on any atom is -0.449 e. The maximum absolute atomic E-state index is 12.3. The lowest BCUT2D eigenvalue weighted by molar-refractivity contribution is -0.130. The zero-order chi connectivity index (χ0) is 17.7. The standard InChI is InChI=1S/C19H27NO4/c1-12-5-4-6-17(13(12)2)20-18(22)14(3)24-19(23)16-9-7-15(11-21)8-10-16/h7-10,12-14,17,21H,4-6,11H2,1-3H3,(H,20,22)/t12-,13+,14+,17+/m0/s1. The van der Waals surface area contributed by atoms with Crippen LogP contribution >= 0.6 is 0 Å². The van der Waals surface area contributed by atoms with Gasteiger partial charge in [-0.15, -0.1) is 0 Å². The van der Waals surface area contributed by atoms with Gasteiger partial charge in [-0.3, -0.25) is 4.79 Å². The van der Waals surface area contributed by atoms with E-state index in [9.17, 15) is 9.59 Å². The van der Waals surface area contributed by atoms with Crippen molar-refractivity contribution in [2.24, 2.45) is 11.8 Å². The molecule has 1 aliphatic carbocycles. The number of amides is 1. The van der Waals surface area contributed by atoms with Crippen molar-refractivity contribution >= 4 is 11.9 Å². The van der Waals surface area contributed by atoms with Crippen LogP contribution in [0.4, 0.5) is 0 Å². The number of esters is 1. The predicted molar refractivity (Wildman–Crippen MR) is 91.4 cm³/mol. The van der Waals surface area contributed by atoms with Crippen LogP contribution in [0.15, 0.2) is 24.3 Å². The highest BCUT2D eigenvalue weighted by Gasteiger charge is 2.30. The van der Waals surface area contributed by atoms with E-state index in [0.717, 1.165) is 18.4 Å². The van der Waals surface area contributed by atoms with Gasteiger partial charge in [-0.1, -0.05) is 38.8 Å². The number of hydrogen-bond acceptors (Lipinski definition) is 4. The van der Waals surface area contributed by atoms with Gasteiger partial charge in [0.2, 0.25) is 0 Å². The van der Waals surface area contributed by atoms with E-state index in [1.54, 1.807) is 31.2 Å². The highest BCUT2D eigenvalue weighted by atomic mass is 16.5. The second-order valence-corrected chi connectivity index (χ2v) is 6.78. The minimum atomic E-state index is -0.834. The Morgan fingerprint density at radius 2 is 1.92 bits per heavy atom. The number of aliphatic hydroxyl groups excluding tert-OH is 1. The number of ether oxygens (including phenoxy) is 1. The van der Waals surface area contributed by atoms with Gasteiger partial charge in [-0.25, -0.2) is 4.79 Å². The normalized spacial score (nSPS) is 24.9. The fourth-order valence-electron chi connectivity index (χ4n) is 3.11. The summed E-state index contributed by atoms with van der Waals surface area (Å²) in [5.41, 5.74) is 1.09. The van der Waals surface area contributed by atoms with E-state index in [2.05, 4.69) is 19.2 Å². The lowest BCUT2D eigenvalue weighted by atomic mass is 9.78. The summed E-state index contributed by atoms with van der Waals surface area (Å²) in [7, 11) is 0. The fraction of sp³-hybridized carbons (Fsp3) is 0.579. The average molecular weight is 333 g/mol. The number of carbonyl (C=O) groups is 2. The molecule has 2 rings (SSSR count). The quantitative estimate of drug-likeness (QED) is 0.812. The zero-order valence-corrected chi connectivity index (χ0v) is 14.6. The summed E-state index contributed by atoms with van der Waals surface area (Å²) >= 11 is 0. The van der Waals surface area contributed by atoms with E-state index in [1.165, 1.54) is 6.42 Å². The number of aliphatic hydroxyl groups is 1. The molecule has 1 saturated carbocycles. The monoisotopic (exact) mass is 333 g/mol. The number of nitrogens with one attached hydrogen (secondary N) is 1. The molecular formula is C19H27NO4. The fourth-order valence-corrected chi connectivity index (χ4v) is 3.11. The Balaban J connectivity index is 1.89. The number of rotatable bonds is 5. The van der Waals surface area contributed by atoms with Crippen LogP contribution < -0.4 is 5.32 Å². The molecule has 5 heteroatoms. The Kier molecular flexibility index (Phi) is 6.37. The van der Waals surface area contributed by atoms with Crippen molar-refractivity contribution in [3.8, 4) is 0 Å². The molecular weight excluding hydrogens is 306 g/mol. The van der Waals surface area contributed by atoms with Crippen molar-refractivity contribution in [1.82, 2.24) is 5.32 Å². The predicted octanol–water partition coefficient (Wildman–Crippen LogP) is 2.67. The molecule has 4 atom stereocenters.